The molecule has 0 N–H and O–H groups in total. The monoisotopic (exact) mass is 280 g/mol. The van der Waals surface area contributed by atoms with Crippen molar-refractivity contribution >= 4 is 5.97 Å². The molecular weight excluding hydrogens is 252 g/mol. The molecule has 1 atom stereocenters. The molecular formula is C17H28O3. The Labute approximate surface area is 123 Å². The van der Waals surface area contributed by atoms with Gasteiger partial charge in [-0.15, -0.1) is 0 Å². The standard InChI is InChI=1S/C17H28O3/c1-6-14(10-11-15-17(3,4)20-15)9-7-8-13(2)12-16(18)19-5/h9,12,15H,6-8,10-11H2,1-5H3/b13-12+,14-9+. The average Bonchev–Trinajstić information content (AvgIpc) is 3.01. The fourth-order valence-electron chi connectivity index (χ4n) is 2.32. The van der Waals surface area contributed by atoms with E-state index in [1.807, 2.05) is 6.92 Å². The van der Waals surface area contributed by atoms with Crippen LogP contribution in [0.15, 0.2) is 23.3 Å². The van der Waals surface area contributed by atoms with Crippen molar-refractivity contribution < 1.29 is 14.3 Å². The fraction of sp³-hybridized carbons (Fsp3) is 0.706. The molecule has 0 aromatic carbocycles. The lowest BCUT2D eigenvalue weighted by atomic mass is 9.99. The first-order valence-electron chi connectivity index (χ1n) is 7.50. The summed E-state index contributed by atoms with van der Waals surface area (Å²) in [6.07, 6.45) is 9.52. The van der Waals surface area contributed by atoms with Gasteiger partial charge in [-0.25, -0.2) is 4.79 Å². The topological polar surface area (TPSA) is 38.8 Å². The van der Waals surface area contributed by atoms with E-state index in [1.54, 1.807) is 6.08 Å². The highest BCUT2D eigenvalue weighted by Crippen LogP contribution is 2.39. The SMILES string of the molecule is CC/C(=C\CC/C(C)=C/C(=O)OC)CCC1OC1(C)C. The molecule has 1 saturated heterocycles. The summed E-state index contributed by atoms with van der Waals surface area (Å²) >= 11 is 0. The number of carbonyl (C=O) groups is 1. The number of rotatable bonds is 8. The highest BCUT2D eigenvalue weighted by atomic mass is 16.6. The summed E-state index contributed by atoms with van der Waals surface area (Å²) in [6, 6.07) is 0. The highest BCUT2D eigenvalue weighted by molar-refractivity contribution is 5.82. The van der Waals surface area contributed by atoms with E-state index in [-0.39, 0.29) is 11.6 Å². The molecule has 1 heterocycles. The number of hydrogen-bond acceptors (Lipinski definition) is 3. The number of methoxy groups -OCH3 is 1. The summed E-state index contributed by atoms with van der Waals surface area (Å²) in [5.74, 6) is -0.268. The normalized spacial score (nSPS) is 21.8. The first-order chi connectivity index (χ1) is 9.39. The molecule has 0 saturated carbocycles. The molecule has 114 valence electrons. The molecule has 0 amide bonds. The van der Waals surface area contributed by atoms with Crippen LogP contribution < -0.4 is 0 Å². The minimum absolute atomic E-state index is 0.0959. The van der Waals surface area contributed by atoms with Gasteiger partial charge >= 0.3 is 5.97 Å². The predicted octanol–water partition coefficient (Wildman–Crippen LogP) is 4.18. The van der Waals surface area contributed by atoms with Gasteiger partial charge in [-0.2, -0.15) is 0 Å². The molecule has 1 aliphatic heterocycles. The Kier molecular flexibility index (Phi) is 6.47. The fourth-order valence-corrected chi connectivity index (χ4v) is 2.32. The quantitative estimate of drug-likeness (QED) is 0.290. The van der Waals surface area contributed by atoms with E-state index >= 15 is 0 Å². The van der Waals surface area contributed by atoms with Crippen LogP contribution in [0, 0.1) is 0 Å². The first kappa shape index (κ1) is 17.0. The maximum atomic E-state index is 11.1. The van der Waals surface area contributed by atoms with Gasteiger partial charge in [-0.3, -0.25) is 0 Å². The molecule has 0 spiro atoms. The van der Waals surface area contributed by atoms with E-state index in [2.05, 4.69) is 31.6 Å². The van der Waals surface area contributed by atoms with Gasteiger partial charge in [-0.1, -0.05) is 24.1 Å². The third kappa shape index (κ3) is 5.91. The van der Waals surface area contributed by atoms with E-state index in [0.717, 1.165) is 37.7 Å². The minimum Gasteiger partial charge on any atom is -0.466 e. The van der Waals surface area contributed by atoms with Crippen molar-refractivity contribution in [2.45, 2.75) is 71.5 Å². The van der Waals surface area contributed by atoms with E-state index in [0.29, 0.717) is 6.10 Å². The highest BCUT2D eigenvalue weighted by Gasteiger charge is 2.46. The van der Waals surface area contributed by atoms with Gasteiger partial charge in [0.1, 0.15) is 0 Å². The Morgan fingerprint density at radius 3 is 2.50 bits per heavy atom. The Hall–Kier alpha value is -1.09. The smallest absolute Gasteiger partial charge is 0.330 e. The van der Waals surface area contributed by atoms with Crippen LogP contribution in [0.1, 0.15) is 59.8 Å². The first-order valence-corrected chi connectivity index (χ1v) is 7.50. The molecule has 0 aliphatic carbocycles. The van der Waals surface area contributed by atoms with Gasteiger partial charge in [0.05, 0.1) is 18.8 Å². The molecule has 0 radical (unpaired) electrons. The number of esters is 1. The molecule has 3 nitrogen and oxygen atoms in total. The Morgan fingerprint density at radius 2 is 2.00 bits per heavy atom. The van der Waals surface area contributed by atoms with Crippen LogP contribution >= 0.6 is 0 Å². The second kappa shape index (κ2) is 7.63. The van der Waals surface area contributed by atoms with Crippen LogP contribution in [-0.4, -0.2) is 24.8 Å². The van der Waals surface area contributed by atoms with Gasteiger partial charge in [0.15, 0.2) is 0 Å². The minimum atomic E-state index is -0.268. The maximum Gasteiger partial charge on any atom is 0.330 e. The zero-order valence-corrected chi connectivity index (χ0v) is 13.5. The van der Waals surface area contributed by atoms with Crippen LogP contribution in [-0.2, 0) is 14.3 Å². The maximum absolute atomic E-state index is 11.1. The number of allylic oxidation sites excluding steroid dienone is 3. The molecule has 1 rings (SSSR count). The summed E-state index contributed by atoms with van der Waals surface area (Å²) in [4.78, 5) is 11.1. The molecule has 0 aromatic rings. The third-order valence-electron chi connectivity index (χ3n) is 3.88. The van der Waals surface area contributed by atoms with E-state index < -0.39 is 0 Å². The number of hydrogen-bond donors (Lipinski definition) is 0. The average molecular weight is 280 g/mol. The molecule has 0 bridgehead atoms. The lowest BCUT2D eigenvalue weighted by Gasteiger charge is -2.05. The van der Waals surface area contributed by atoms with Gasteiger partial charge in [0, 0.05) is 6.08 Å². The zero-order valence-electron chi connectivity index (χ0n) is 13.5. The van der Waals surface area contributed by atoms with Crippen LogP contribution in [0.2, 0.25) is 0 Å². The van der Waals surface area contributed by atoms with E-state index in [4.69, 9.17) is 4.74 Å². The summed E-state index contributed by atoms with van der Waals surface area (Å²) in [5.41, 5.74) is 2.65. The molecule has 0 aromatic heterocycles. The van der Waals surface area contributed by atoms with Crippen molar-refractivity contribution in [3.05, 3.63) is 23.3 Å². The Bertz CT molecular complexity index is 391. The van der Waals surface area contributed by atoms with Crippen molar-refractivity contribution in [3.63, 3.8) is 0 Å². The van der Waals surface area contributed by atoms with Crippen molar-refractivity contribution in [2.24, 2.45) is 0 Å². The third-order valence-corrected chi connectivity index (χ3v) is 3.88. The largest absolute Gasteiger partial charge is 0.466 e. The second-order valence-corrected chi connectivity index (χ2v) is 6.02. The van der Waals surface area contributed by atoms with E-state index in [1.165, 1.54) is 12.7 Å². The number of ether oxygens (including phenoxy) is 2. The Balaban J connectivity index is 2.31. The summed E-state index contributed by atoms with van der Waals surface area (Å²) in [5, 5.41) is 0. The van der Waals surface area contributed by atoms with E-state index in [9.17, 15) is 4.79 Å². The van der Waals surface area contributed by atoms with Crippen molar-refractivity contribution in [2.75, 3.05) is 7.11 Å². The molecule has 20 heavy (non-hydrogen) atoms. The summed E-state index contributed by atoms with van der Waals surface area (Å²) in [6.45, 7) is 8.46. The molecule has 3 heteroatoms. The van der Waals surface area contributed by atoms with Gasteiger partial charge in [0.2, 0.25) is 0 Å². The van der Waals surface area contributed by atoms with Gasteiger partial charge < -0.3 is 9.47 Å². The van der Waals surface area contributed by atoms with Crippen LogP contribution in [0.4, 0.5) is 0 Å². The molecule has 1 unspecified atom stereocenters. The second-order valence-electron chi connectivity index (χ2n) is 6.02. The van der Waals surface area contributed by atoms with Crippen LogP contribution in [0.5, 0.6) is 0 Å². The Morgan fingerprint density at radius 1 is 1.35 bits per heavy atom. The summed E-state index contributed by atoms with van der Waals surface area (Å²) in [7, 11) is 1.41. The van der Waals surface area contributed by atoms with Gasteiger partial charge in [0.25, 0.3) is 0 Å². The summed E-state index contributed by atoms with van der Waals surface area (Å²) < 4.78 is 10.2. The van der Waals surface area contributed by atoms with Crippen molar-refractivity contribution in [3.8, 4) is 0 Å². The van der Waals surface area contributed by atoms with Crippen LogP contribution in [0.25, 0.3) is 0 Å². The molecule has 1 aliphatic rings. The number of epoxide rings is 1. The van der Waals surface area contributed by atoms with Crippen molar-refractivity contribution in [1.29, 1.82) is 0 Å². The molecule has 1 fully saturated rings. The number of carbonyl (C=O) groups excluding carboxylic acids is 1. The zero-order chi connectivity index (χ0) is 15.2. The lowest BCUT2D eigenvalue weighted by Crippen LogP contribution is -2.02. The van der Waals surface area contributed by atoms with Crippen molar-refractivity contribution in [1.82, 2.24) is 0 Å². The van der Waals surface area contributed by atoms with Gasteiger partial charge in [-0.05, 0) is 52.9 Å². The van der Waals surface area contributed by atoms with Crippen LogP contribution in [0.3, 0.4) is 0 Å². The lowest BCUT2D eigenvalue weighted by molar-refractivity contribution is -0.134. The predicted molar refractivity (Wildman–Crippen MR) is 81.6 cm³/mol.